The summed E-state index contributed by atoms with van der Waals surface area (Å²) in [5.41, 5.74) is 5.05. The second kappa shape index (κ2) is 10.0. The Labute approximate surface area is 229 Å². The number of aryl methyl sites for hydroxylation is 2. The van der Waals surface area contributed by atoms with Crippen LogP contribution < -0.4 is 4.90 Å². The van der Waals surface area contributed by atoms with Gasteiger partial charge in [0, 0.05) is 49.2 Å². The molecule has 204 valence electrons. The minimum absolute atomic E-state index is 0.264. The standard InChI is InChI=1S/C30H34FN5O2S/c1-20-29-28(34(2)30(33-29)21-6-9-24(10-7-21)39(3,37)38)19-27(32-20)25-11-8-23(18-26(25)31)36-16-12-22(13-17-36)35-14-4-5-15-35/h6-11,18-19,22H,4-5,12-17H2,1-3H3. The van der Waals surface area contributed by atoms with E-state index in [-0.39, 0.29) is 10.7 Å². The lowest BCUT2D eigenvalue weighted by Gasteiger charge is -2.37. The number of rotatable bonds is 5. The predicted octanol–water partition coefficient (Wildman–Crippen LogP) is 5.22. The molecule has 2 aliphatic rings. The number of fused-ring (bicyclic) bond motifs is 1. The Hall–Kier alpha value is -3.30. The minimum Gasteiger partial charge on any atom is -0.371 e. The third-order valence-electron chi connectivity index (χ3n) is 8.30. The second-order valence-electron chi connectivity index (χ2n) is 10.9. The van der Waals surface area contributed by atoms with Gasteiger partial charge in [-0.1, -0.05) is 0 Å². The first kappa shape index (κ1) is 26.0. The molecule has 0 N–H and O–H groups in total. The third-order valence-corrected chi connectivity index (χ3v) is 9.43. The van der Waals surface area contributed by atoms with E-state index in [9.17, 15) is 8.42 Å². The van der Waals surface area contributed by atoms with Crippen molar-refractivity contribution in [2.45, 2.75) is 43.5 Å². The number of halogens is 1. The van der Waals surface area contributed by atoms with E-state index in [1.165, 1.54) is 32.2 Å². The van der Waals surface area contributed by atoms with Crippen molar-refractivity contribution in [3.8, 4) is 22.6 Å². The maximum atomic E-state index is 15.5. The molecule has 39 heavy (non-hydrogen) atoms. The van der Waals surface area contributed by atoms with Crippen LogP contribution in [0.25, 0.3) is 33.7 Å². The molecule has 0 spiro atoms. The zero-order valence-corrected chi connectivity index (χ0v) is 23.5. The lowest BCUT2D eigenvalue weighted by molar-refractivity contribution is 0.208. The zero-order chi connectivity index (χ0) is 27.3. The van der Waals surface area contributed by atoms with E-state index in [1.807, 2.05) is 36.7 Å². The van der Waals surface area contributed by atoms with Gasteiger partial charge in [0.25, 0.3) is 0 Å². The molecule has 0 saturated carbocycles. The Kier molecular flexibility index (Phi) is 6.67. The Bertz CT molecular complexity index is 1630. The summed E-state index contributed by atoms with van der Waals surface area (Å²) in [6.45, 7) is 6.22. The molecule has 2 saturated heterocycles. The topological polar surface area (TPSA) is 71.3 Å². The van der Waals surface area contributed by atoms with Gasteiger partial charge in [0.1, 0.15) is 17.2 Å². The molecule has 0 unspecified atom stereocenters. The number of pyridine rings is 1. The number of hydrogen-bond donors (Lipinski definition) is 0. The molecule has 0 amide bonds. The summed E-state index contributed by atoms with van der Waals surface area (Å²) in [5, 5.41) is 0. The maximum Gasteiger partial charge on any atom is 0.175 e. The van der Waals surface area contributed by atoms with E-state index in [2.05, 4.69) is 9.80 Å². The number of anilines is 1. The van der Waals surface area contributed by atoms with Gasteiger partial charge in [0.05, 0.1) is 21.8 Å². The number of benzene rings is 2. The van der Waals surface area contributed by atoms with E-state index in [0.29, 0.717) is 28.8 Å². The fourth-order valence-corrected chi connectivity index (χ4v) is 6.72. The number of sulfone groups is 1. The molecule has 0 atom stereocenters. The third kappa shape index (κ3) is 4.94. The molecule has 9 heteroatoms. The number of likely N-dealkylation sites (tertiary alicyclic amines) is 1. The van der Waals surface area contributed by atoms with Crippen molar-refractivity contribution in [3.05, 3.63) is 60.0 Å². The summed E-state index contributed by atoms with van der Waals surface area (Å²) in [7, 11) is -1.37. The summed E-state index contributed by atoms with van der Waals surface area (Å²) in [5.74, 6) is 0.416. The van der Waals surface area contributed by atoms with E-state index >= 15 is 4.39 Å². The molecular formula is C30H34FN5O2S. The van der Waals surface area contributed by atoms with Crippen LogP contribution in [0.5, 0.6) is 0 Å². The number of aromatic nitrogens is 3. The Morgan fingerprint density at radius 2 is 1.62 bits per heavy atom. The molecule has 0 bridgehead atoms. The molecule has 7 nitrogen and oxygen atoms in total. The largest absolute Gasteiger partial charge is 0.371 e. The van der Waals surface area contributed by atoms with Crippen molar-refractivity contribution in [2.24, 2.45) is 7.05 Å². The van der Waals surface area contributed by atoms with Gasteiger partial charge >= 0.3 is 0 Å². The van der Waals surface area contributed by atoms with Crippen molar-refractivity contribution >= 4 is 26.6 Å². The van der Waals surface area contributed by atoms with Gasteiger partial charge in [-0.15, -0.1) is 0 Å². The highest BCUT2D eigenvalue weighted by atomic mass is 32.2. The first-order valence-corrected chi connectivity index (χ1v) is 15.5. The lowest BCUT2D eigenvalue weighted by Crippen LogP contribution is -2.43. The smallest absolute Gasteiger partial charge is 0.175 e. The summed E-state index contributed by atoms with van der Waals surface area (Å²) in [6.07, 6.45) is 6.06. The molecule has 4 aromatic rings. The predicted molar refractivity (Wildman–Crippen MR) is 153 cm³/mol. The molecule has 2 aromatic heterocycles. The summed E-state index contributed by atoms with van der Waals surface area (Å²) >= 11 is 0. The zero-order valence-electron chi connectivity index (χ0n) is 22.7. The van der Waals surface area contributed by atoms with Crippen LogP contribution >= 0.6 is 0 Å². The SMILES string of the molecule is Cc1nc(-c2ccc(N3CCC(N4CCCC4)CC3)cc2F)cc2c1nc(-c1ccc(S(C)(=O)=O)cc1)n2C. The van der Waals surface area contributed by atoms with Crippen LogP contribution in [0.4, 0.5) is 10.1 Å². The molecule has 2 fully saturated rings. The van der Waals surface area contributed by atoms with Gasteiger partial charge in [-0.2, -0.15) is 0 Å². The number of piperidine rings is 1. The molecule has 0 aliphatic carbocycles. The van der Waals surface area contributed by atoms with Crippen LogP contribution in [0.2, 0.25) is 0 Å². The van der Waals surface area contributed by atoms with Crippen LogP contribution in [-0.4, -0.2) is 66.3 Å². The van der Waals surface area contributed by atoms with E-state index < -0.39 is 9.84 Å². The normalized spacial score (nSPS) is 17.4. The van der Waals surface area contributed by atoms with Crippen molar-refractivity contribution in [1.29, 1.82) is 0 Å². The Morgan fingerprint density at radius 3 is 2.26 bits per heavy atom. The van der Waals surface area contributed by atoms with Gasteiger partial charge < -0.3 is 14.4 Å². The fourth-order valence-electron chi connectivity index (χ4n) is 6.09. The van der Waals surface area contributed by atoms with Crippen LogP contribution in [0, 0.1) is 12.7 Å². The maximum absolute atomic E-state index is 15.5. The summed E-state index contributed by atoms with van der Waals surface area (Å²) in [6, 6.07) is 14.7. The lowest BCUT2D eigenvalue weighted by atomic mass is 10.0. The Morgan fingerprint density at radius 1 is 0.923 bits per heavy atom. The van der Waals surface area contributed by atoms with Crippen LogP contribution in [0.1, 0.15) is 31.4 Å². The van der Waals surface area contributed by atoms with Gasteiger partial charge in [0.15, 0.2) is 9.84 Å². The van der Waals surface area contributed by atoms with E-state index in [1.54, 1.807) is 30.3 Å². The number of hydrogen-bond acceptors (Lipinski definition) is 6. The molecule has 4 heterocycles. The Balaban J connectivity index is 1.26. The average molecular weight is 548 g/mol. The van der Waals surface area contributed by atoms with Crippen molar-refractivity contribution in [3.63, 3.8) is 0 Å². The first-order chi connectivity index (χ1) is 18.7. The molecule has 2 aliphatic heterocycles. The van der Waals surface area contributed by atoms with Crippen LogP contribution in [0.3, 0.4) is 0 Å². The van der Waals surface area contributed by atoms with Crippen molar-refractivity contribution < 1.29 is 12.8 Å². The van der Waals surface area contributed by atoms with Gasteiger partial charge in [-0.25, -0.2) is 17.8 Å². The van der Waals surface area contributed by atoms with Crippen molar-refractivity contribution in [2.75, 3.05) is 37.3 Å². The van der Waals surface area contributed by atoms with Crippen LogP contribution in [0.15, 0.2) is 53.4 Å². The highest BCUT2D eigenvalue weighted by Gasteiger charge is 2.27. The quantitative estimate of drug-likeness (QED) is 0.341. The molecular weight excluding hydrogens is 513 g/mol. The summed E-state index contributed by atoms with van der Waals surface area (Å²) < 4.78 is 41.1. The van der Waals surface area contributed by atoms with Gasteiger partial charge in [-0.3, -0.25) is 4.98 Å². The van der Waals surface area contributed by atoms with Gasteiger partial charge in [-0.05, 0) is 94.2 Å². The van der Waals surface area contributed by atoms with Crippen molar-refractivity contribution in [1.82, 2.24) is 19.4 Å². The minimum atomic E-state index is -3.28. The molecule has 6 rings (SSSR count). The molecule has 0 radical (unpaired) electrons. The number of imidazole rings is 1. The summed E-state index contributed by atoms with van der Waals surface area (Å²) in [4.78, 5) is 14.7. The average Bonchev–Trinajstić information content (AvgIpc) is 3.57. The van der Waals surface area contributed by atoms with Gasteiger partial charge in [0.2, 0.25) is 0 Å². The fraction of sp³-hybridized carbons (Fsp3) is 0.400. The highest BCUT2D eigenvalue weighted by molar-refractivity contribution is 7.90. The first-order valence-electron chi connectivity index (χ1n) is 13.6. The van der Waals surface area contributed by atoms with Crippen LogP contribution in [-0.2, 0) is 16.9 Å². The monoisotopic (exact) mass is 547 g/mol. The number of nitrogens with zero attached hydrogens (tertiary/aromatic N) is 5. The second-order valence-corrected chi connectivity index (χ2v) is 12.9. The highest BCUT2D eigenvalue weighted by Crippen LogP contribution is 2.32. The molecule has 2 aromatic carbocycles. The van der Waals surface area contributed by atoms with E-state index in [4.69, 9.17) is 9.97 Å². The van der Waals surface area contributed by atoms with E-state index in [0.717, 1.165) is 48.2 Å².